The van der Waals surface area contributed by atoms with E-state index < -0.39 is 6.10 Å². The molecule has 112 valence electrons. The predicted molar refractivity (Wildman–Crippen MR) is 79.1 cm³/mol. The van der Waals surface area contributed by atoms with E-state index in [1.165, 1.54) is 0 Å². The molecule has 0 aliphatic carbocycles. The predicted octanol–water partition coefficient (Wildman–Crippen LogP) is 2.11. The SMILES string of the molecule is CC(OCC(O)CN1CCOCC1)c1ccc(Cl)cc1. The molecule has 2 atom stereocenters. The second-order valence-electron chi connectivity index (χ2n) is 5.09. The first-order valence-corrected chi connectivity index (χ1v) is 7.38. The molecule has 1 aliphatic rings. The molecule has 1 N–H and O–H groups in total. The Morgan fingerprint density at radius 1 is 1.30 bits per heavy atom. The van der Waals surface area contributed by atoms with Gasteiger partial charge in [-0.3, -0.25) is 4.90 Å². The fourth-order valence-corrected chi connectivity index (χ4v) is 2.35. The van der Waals surface area contributed by atoms with Crippen LogP contribution < -0.4 is 0 Å². The number of benzene rings is 1. The van der Waals surface area contributed by atoms with E-state index in [9.17, 15) is 5.11 Å². The topological polar surface area (TPSA) is 41.9 Å². The average Bonchev–Trinajstić information content (AvgIpc) is 2.46. The van der Waals surface area contributed by atoms with Crippen molar-refractivity contribution >= 4 is 11.6 Å². The molecule has 1 aliphatic heterocycles. The van der Waals surface area contributed by atoms with Gasteiger partial charge >= 0.3 is 0 Å². The van der Waals surface area contributed by atoms with E-state index in [0.29, 0.717) is 18.2 Å². The van der Waals surface area contributed by atoms with E-state index >= 15 is 0 Å². The molecule has 0 spiro atoms. The van der Waals surface area contributed by atoms with Crippen LogP contribution in [-0.4, -0.2) is 55.6 Å². The Morgan fingerprint density at radius 3 is 2.60 bits per heavy atom. The van der Waals surface area contributed by atoms with Crippen LogP contribution in [-0.2, 0) is 9.47 Å². The lowest BCUT2D eigenvalue weighted by Gasteiger charge is -2.28. The van der Waals surface area contributed by atoms with Gasteiger partial charge in [-0.2, -0.15) is 0 Å². The van der Waals surface area contributed by atoms with E-state index in [0.717, 1.165) is 31.9 Å². The second-order valence-corrected chi connectivity index (χ2v) is 5.53. The highest BCUT2D eigenvalue weighted by molar-refractivity contribution is 6.30. The standard InChI is InChI=1S/C15H22ClNO3/c1-12(13-2-4-14(16)5-3-13)20-11-15(18)10-17-6-8-19-9-7-17/h2-5,12,15,18H,6-11H2,1H3. The number of morpholine rings is 1. The monoisotopic (exact) mass is 299 g/mol. The zero-order chi connectivity index (χ0) is 14.4. The quantitative estimate of drug-likeness (QED) is 0.873. The van der Waals surface area contributed by atoms with Crippen LogP contribution in [0, 0.1) is 0 Å². The van der Waals surface area contributed by atoms with Crippen LogP contribution in [0.15, 0.2) is 24.3 Å². The van der Waals surface area contributed by atoms with Gasteiger partial charge in [0.1, 0.15) is 0 Å². The number of halogens is 1. The van der Waals surface area contributed by atoms with Gasteiger partial charge < -0.3 is 14.6 Å². The van der Waals surface area contributed by atoms with Crippen molar-refractivity contribution in [3.8, 4) is 0 Å². The summed E-state index contributed by atoms with van der Waals surface area (Å²) in [5.41, 5.74) is 1.06. The molecule has 0 saturated carbocycles. The largest absolute Gasteiger partial charge is 0.389 e. The number of aliphatic hydroxyl groups is 1. The van der Waals surface area contributed by atoms with Crippen LogP contribution in [0.25, 0.3) is 0 Å². The third-order valence-corrected chi connectivity index (χ3v) is 3.70. The summed E-state index contributed by atoms with van der Waals surface area (Å²) >= 11 is 5.86. The number of nitrogens with zero attached hydrogens (tertiary/aromatic N) is 1. The molecule has 2 rings (SSSR count). The van der Waals surface area contributed by atoms with Crippen molar-refractivity contribution in [1.82, 2.24) is 4.90 Å². The van der Waals surface area contributed by atoms with E-state index in [1.807, 2.05) is 31.2 Å². The fraction of sp³-hybridized carbons (Fsp3) is 0.600. The summed E-state index contributed by atoms with van der Waals surface area (Å²) in [4.78, 5) is 2.20. The molecule has 20 heavy (non-hydrogen) atoms. The third kappa shape index (κ3) is 5.04. The van der Waals surface area contributed by atoms with Crippen LogP contribution in [0.4, 0.5) is 0 Å². The maximum Gasteiger partial charge on any atom is 0.0900 e. The molecule has 0 amide bonds. The number of ether oxygens (including phenoxy) is 2. The van der Waals surface area contributed by atoms with Gasteiger partial charge in [0.25, 0.3) is 0 Å². The Balaban J connectivity index is 1.71. The third-order valence-electron chi connectivity index (χ3n) is 3.45. The Hall–Kier alpha value is -0.650. The summed E-state index contributed by atoms with van der Waals surface area (Å²) < 4.78 is 11.0. The lowest BCUT2D eigenvalue weighted by molar-refractivity contribution is -0.0325. The first kappa shape index (κ1) is 15.7. The van der Waals surface area contributed by atoms with Gasteiger partial charge in [-0.25, -0.2) is 0 Å². The fourth-order valence-electron chi connectivity index (χ4n) is 2.22. The van der Waals surface area contributed by atoms with Crippen LogP contribution in [0.5, 0.6) is 0 Å². The van der Waals surface area contributed by atoms with Gasteiger partial charge in [0.15, 0.2) is 0 Å². The molecular formula is C15H22ClNO3. The highest BCUT2D eigenvalue weighted by atomic mass is 35.5. The first-order chi connectivity index (χ1) is 9.65. The van der Waals surface area contributed by atoms with Gasteiger partial charge in [-0.15, -0.1) is 0 Å². The Morgan fingerprint density at radius 2 is 1.95 bits per heavy atom. The number of hydrogen-bond donors (Lipinski definition) is 1. The normalized spacial score (nSPS) is 19.8. The Kier molecular flexibility index (Phi) is 6.26. The van der Waals surface area contributed by atoms with Crippen molar-refractivity contribution in [1.29, 1.82) is 0 Å². The van der Waals surface area contributed by atoms with E-state index in [4.69, 9.17) is 21.1 Å². The molecular weight excluding hydrogens is 278 g/mol. The number of β-amino-alcohol motifs (C(OH)–C–C–N with tert-alkyl or cyclic N) is 1. The summed E-state index contributed by atoms with van der Waals surface area (Å²) in [6.07, 6.45) is -0.519. The lowest BCUT2D eigenvalue weighted by Crippen LogP contribution is -2.42. The van der Waals surface area contributed by atoms with E-state index in [2.05, 4.69) is 4.90 Å². The second kappa shape index (κ2) is 7.96. The van der Waals surface area contributed by atoms with Gasteiger partial charge in [0.2, 0.25) is 0 Å². The van der Waals surface area contributed by atoms with Crippen molar-refractivity contribution in [2.45, 2.75) is 19.1 Å². The van der Waals surface area contributed by atoms with E-state index in [-0.39, 0.29) is 6.10 Å². The smallest absolute Gasteiger partial charge is 0.0900 e. The molecule has 1 heterocycles. The van der Waals surface area contributed by atoms with E-state index in [1.54, 1.807) is 0 Å². The molecule has 5 heteroatoms. The number of aliphatic hydroxyl groups excluding tert-OH is 1. The summed E-state index contributed by atoms with van der Waals surface area (Å²) in [6, 6.07) is 7.59. The maximum atomic E-state index is 10.0. The molecule has 4 nitrogen and oxygen atoms in total. The van der Waals surface area contributed by atoms with Gasteiger partial charge in [-0.05, 0) is 24.6 Å². The van der Waals surface area contributed by atoms with Crippen LogP contribution in [0.3, 0.4) is 0 Å². The van der Waals surface area contributed by atoms with Gasteiger partial charge in [0.05, 0.1) is 32.0 Å². The van der Waals surface area contributed by atoms with Crippen LogP contribution in [0.1, 0.15) is 18.6 Å². The maximum absolute atomic E-state index is 10.0. The minimum atomic E-state index is -0.470. The molecule has 1 saturated heterocycles. The lowest BCUT2D eigenvalue weighted by atomic mass is 10.1. The molecule has 0 radical (unpaired) electrons. The summed E-state index contributed by atoms with van der Waals surface area (Å²) in [6.45, 7) is 6.19. The number of rotatable bonds is 6. The average molecular weight is 300 g/mol. The molecule has 1 aromatic carbocycles. The minimum Gasteiger partial charge on any atom is -0.389 e. The van der Waals surface area contributed by atoms with Gasteiger partial charge in [-0.1, -0.05) is 23.7 Å². The summed E-state index contributed by atoms with van der Waals surface area (Å²) in [7, 11) is 0. The van der Waals surface area contributed by atoms with Crippen molar-refractivity contribution in [2.24, 2.45) is 0 Å². The Bertz CT molecular complexity index is 393. The minimum absolute atomic E-state index is 0.0494. The van der Waals surface area contributed by atoms with Crippen molar-refractivity contribution < 1.29 is 14.6 Å². The molecule has 0 aromatic heterocycles. The van der Waals surface area contributed by atoms with Gasteiger partial charge in [0, 0.05) is 24.7 Å². The van der Waals surface area contributed by atoms with Crippen LogP contribution in [0.2, 0.25) is 5.02 Å². The molecule has 1 aromatic rings. The first-order valence-electron chi connectivity index (χ1n) is 7.00. The Labute approximate surface area is 125 Å². The highest BCUT2D eigenvalue weighted by Gasteiger charge is 2.16. The zero-order valence-corrected chi connectivity index (χ0v) is 12.6. The van der Waals surface area contributed by atoms with Crippen LogP contribution >= 0.6 is 11.6 Å². The van der Waals surface area contributed by atoms with Crippen molar-refractivity contribution in [3.05, 3.63) is 34.9 Å². The summed E-state index contributed by atoms with van der Waals surface area (Å²) in [5.74, 6) is 0. The zero-order valence-electron chi connectivity index (χ0n) is 11.8. The molecule has 2 unspecified atom stereocenters. The molecule has 1 fully saturated rings. The van der Waals surface area contributed by atoms with Crippen molar-refractivity contribution in [2.75, 3.05) is 39.5 Å². The summed E-state index contributed by atoms with van der Waals surface area (Å²) in [5, 5.41) is 10.7. The highest BCUT2D eigenvalue weighted by Crippen LogP contribution is 2.19. The number of hydrogen-bond acceptors (Lipinski definition) is 4. The molecule has 0 bridgehead atoms. The van der Waals surface area contributed by atoms with Crippen molar-refractivity contribution in [3.63, 3.8) is 0 Å².